The molecule has 0 saturated carbocycles. The van der Waals surface area contributed by atoms with E-state index in [-0.39, 0.29) is 17.8 Å². The fourth-order valence-corrected chi connectivity index (χ4v) is 4.07. The van der Waals surface area contributed by atoms with Gasteiger partial charge in [-0.2, -0.15) is 0 Å². The number of hydrogen-bond donors (Lipinski definition) is 1. The average molecular weight is 385 g/mol. The van der Waals surface area contributed by atoms with Crippen LogP contribution in [0, 0.1) is 5.82 Å². The fourth-order valence-electron chi connectivity index (χ4n) is 3.62. The van der Waals surface area contributed by atoms with E-state index >= 15 is 0 Å². The van der Waals surface area contributed by atoms with Gasteiger partial charge in [-0.05, 0) is 66.7 Å². The third kappa shape index (κ3) is 3.69. The molecule has 2 bridgehead atoms. The van der Waals surface area contributed by atoms with Gasteiger partial charge in [-0.25, -0.2) is 4.39 Å². The number of amides is 1. The first-order chi connectivity index (χ1) is 10.9. The molecule has 126 valence electrons. The van der Waals surface area contributed by atoms with E-state index in [1.807, 2.05) is 11.9 Å². The molecule has 2 fully saturated rings. The molecule has 2 heterocycles. The zero-order valence-corrected chi connectivity index (χ0v) is 15.0. The number of nitrogens with zero attached hydrogens (tertiary/aromatic N) is 1. The van der Waals surface area contributed by atoms with Gasteiger partial charge in [0, 0.05) is 25.2 Å². The second kappa shape index (κ2) is 6.77. The first-order valence-electron chi connectivity index (χ1n) is 8.08. The number of ether oxygens (including phenoxy) is 1. The maximum atomic E-state index is 13.1. The standard InChI is InChI=1S/C17H22BrFN2O2/c1-10(23-16-6-3-11(19)7-15(16)18)17(22)21(2)14-8-12-4-5-13(9-14)20-12/h3,6-7,10,12-14,20H,4-5,8-9H2,1-2H3. The summed E-state index contributed by atoms with van der Waals surface area (Å²) in [5.41, 5.74) is 0. The van der Waals surface area contributed by atoms with Gasteiger partial charge in [-0.3, -0.25) is 4.79 Å². The highest BCUT2D eigenvalue weighted by Gasteiger charge is 2.37. The Morgan fingerprint density at radius 2 is 2.04 bits per heavy atom. The average Bonchev–Trinajstić information content (AvgIpc) is 2.86. The third-order valence-corrected chi connectivity index (χ3v) is 5.51. The van der Waals surface area contributed by atoms with Crippen LogP contribution in [0.3, 0.4) is 0 Å². The van der Waals surface area contributed by atoms with Crippen LogP contribution in [0.4, 0.5) is 4.39 Å². The smallest absolute Gasteiger partial charge is 0.263 e. The van der Waals surface area contributed by atoms with E-state index in [2.05, 4.69) is 21.2 Å². The minimum Gasteiger partial charge on any atom is -0.480 e. The fraction of sp³-hybridized carbons (Fsp3) is 0.588. The van der Waals surface area contributed by atoms with Crippen LogP contribution in [0.2, 0.25) is 0 Å². The Hall–Kier alpha value is -1.14. The summed E-state index contributed by atoms with van der Waals surface area (Å²) < 4.78 is 19.4. The zero-order chi connectivity index (χ0) is 16.6. The monoisotopic (exact) mass is 384 g/mol. The number of fused-ring (bicyclic) bond motifs is 2. The lowest BCUT2D eigenvalue weighted by Crippen LogP contribution is -2.51. The summed E-state index contributed by atoms with van der Waals surface area (Å²) in [6.07, 6.45) is 3.82. The van der Waals surface area contributed by atoms with Gasteiger partial charge in [0.05, 0.1) is 4.47 Å². The molecule has 1 N–H and O–H groups in total. The van der Waals surface area contributed by atoms with Crippen molar-refractivity contribution in [2.24, 2.45) is 0 Å². The van der Waals surface area contributed by atoms with Crippen LogP contribution < -0.4 is 10.1 Å². The normalized spacial score (nSPS) is 27.6. The first-order valence-corrected chi connectivity index (χ1v) is 8.87. The van der Waals surface area contributed by atoms with Crippen LogP contribution >= 0.6 is 15.9 Å². The van der Waals surface area contributed by atoms with Crippen molar-refractivity contribution >= 4 is 21.8 Å². The maximum Gasteiger partial charge on any atom is 0.263 e. The van der Waals surface area contributed by atoms with Gasteiger partial charge in [-0.1, -0.05) is 0 Å². The Morgan fingerprint density at radius 3 is 2.65 bits per heavy atom. The van der Waals surface area contributed by atoms with Crippen molar-refractivity contribution in [1.29, 1.82) is 0 Å². The van der Waals surface area contributed by atoms with Gasteiger partial charge in [-0.15, -0.1) is 0 Å². The maximum absolute atomic E-state index is 13.1. The van der Waals surface area contributed by atoms with Crippen molar-refractivity contribution in [3.63, 3.8) is 0 Å². The number of piperidine rings is 1. The van der Waals surface area contributed by atoms with E-state index in [0.29, 0.717) is 22.3 Å². The summed E-state index contributed by atoms with van der Waals surface area (Å²) in [5.74, 6) is 0.101. The number of nitrogens with one attached hydrogen (secondary N) is 1. The SMILES string of the molecule is CC(Oc1ccc(F)cc1Br)C(=O)N(C)C1CC2CCC(C1)N2. The molecule has 6 heteroatoms. The number of halogens is 2. The molecule has 0 radical (unpaired) electrons. The Kier molecular flexibility index (Phi) is 4.92. The minimum absolute atomic E-state index is 0.0347. The molecule has 0 aliphatic carbocycles. The van der Waals surface area contributed by atoms with Crippen molar-refractivity contribution < 1.29 is 13.9 Å². The zero-order valence-electron chi connectivity index (χ0n) is 13.4. The van der Waals surface area contributed by atoms with Crippen LogP contribution in [0.15, 0.2) is 22.7 Å². The lowest BCUT2D eigenvalue weighted by Gasteiger charge is -2.36. The molecule has 2 saturated heterocycles. The highest BCUT2D eigenvalue weighted by Crippen LogP contribution is 2.30. The first kappa shape index (κ1) is 16.7. The minimum atomic E-state index is -0.603. The second-order valence-electron chi connectivity index (χ2n) is 6.55. The summed E-state index contributed by atoms with van der Waals surface area (Å²) in [7, 11) is 1.86. The Labute approximate surface area is 144 Å². The number of likely N-dealkylation sites (N-methyl/N-ethyl adjacent to an activating group) is 1. The van der Waals surface area contributed by atoms with Crippen molar-refractivity contribution in [3.05, 3.63) is 28.5 Å². The number of carbonyl (C=O) groups is 1. The molecule has 1 amide bonds. The lowest BCUT2D eigenvalue weighted by atomic mass is 9.98. The highest BCUT2D eigenvalue weighted by atomic mass is 79.9. The lowest BCUT2D eigenvalue weighted by molar-refractivity contribution is -0.139. The quantitative estimate of drug-likeness (QED) is 0.866. The summed E-state index contributed by atoms with van der Waals surface area (Å²) in [6, 6.07) is 5.54. The predicted octanol–water partition coefficient (Wildman–Crippen LogP) is 3.10. The van der Waals surface area contributed by atoms with Crippen LogP contribution in [0.5, 0.6) is 5.75 Å². The van der Waals surface area contributed by atoms with Gasteiger partial charge >= 0.3 is 0 Å². The largest absolute Gasteiger partial charge is 0.480 e. The molecule has 23 heavy (non-hydrogen) atoms. The summed E-state index contributed by atoms with van der Waals surface area (Å²) in [5, 5.41) is 3.58. The molecule has 0 aromatic heterocycles. The Balaban J connectivity index is 1.62. The van der Waals surface area contributed by atoms with E-state index in [0.717, 1.165) is 12.8 Å². The van der Waals surface area contributed by atoms with Crippen molar-refractivity contribution in [1.82, 2.24) is 10.2 Å². The molecule has 0 spiro atoms. The van der Waals surface area contributed by atoms with Crippen LogP contribution in [-0.2, 0) is 4.79 Å². The summed E-state index contributed by atoms with van der Waals surface area (Å²) >= 11 is 3.26. The number of hydrogen-bond acceptors (Lipinski definition) is 3. The highest BCUT2D eigenvalue weighted by molar-refractivity contribution is 9.10. The van der Waals surface area contributed by atoms with Crippen LogP contribution in [0.25, 0.3) is 0 Å². The number of carbonyl (C=O) groups excluding carboxylic acids is 1. The van der Waals surface area contributed by atoms with Crippen molar-refractivity contribution in [2.45, 2.75) is 56.8 Å². The third-order valence-electron chi connectivity index (χ3n) is 4.89. The van der Waals surface area contributed by atoms with E-state index in [1.54, 1.807) is 6.92 Å². The molecule has 3 atom stereocenters. The van der Waals surface area contributed by atoms with Crippen LogP contribution in [0.1, 0.15) is 32.6 Å². The topological polar surface area (TPSA) is 41.6 Å². The number of benzene rings is 1. The number of rotatable bonds is 4. The molecular weight excluding hydrogens is 363 g/mol. The molecule has 3 rings (SSSR count). The second-order valence-corrected chi connectivity index (χ2v) is 7.40. The predicted molar refractivity (Wildman–Crippen MR) is 89.9 cm³/mol. The van der Waals surface area contributed by atoms with Gasteiger partial charge in [0.2, 0.25) is 0 Å². The Morgan fingerprint density at radius 1 is 1.39 bits per heavy atom. The van der Waals surface area contributed by atoms with Crippen molar-refractivity contribution in [3.8, 4) is 5.75 Å². The molecule has 1 aromatic carbocycles. The molecular formula is C17H22BrFN2O2. The van der Waals surface area contributed by atoms with Gasteiger partial charge in [0.25, 0.3) is 5.91 Å². The summed E-state index contributed by atoms with van der Waals surface area (Å²) in [4.78, 5) is 14.5. The van der Waals surface area contributed by atoms with Crippen LogP contribution in [-0.4, -0.2) is 42.1 Å². The van der Waals surface area contributed by atoms with Gasteiger partial charge in [0.1, 0.15) is 11.6 Å². The molecule has 4 nitrogen and oxygen atoms in total. The van der Waals surface area contributed by atoms with E-state index < -0.39 is 6.10 Å². The van der Waals surface area contributed by atoms with E-state index in [4.69, 9.17) is 4.74 Å². The van der Waals surface area contributed by atoms with Gasteiger partial charge < -0.3 is 15.0 Å². The van der Waals surface area contributed by atoms with Crippen molar-refractivity contribution in [2.75, 3.05) is 7.05 Å². The molecule has 2 aliphatic rings. The van der Waals surface area contributed by atoms with Gasteiger partial charge in [0.15, 0.2) is 6.10 Å². The summed E-state index contributed by atoms with van der Waals surface area (Å²) in [6.45, 7) is 1.74. The Bertz CT molecular complexity index is 586. The molecule has 3 unspecified atom stereocenters. The molecule has 1 aromatic rings. The molecule has 2 aliphatic heterocycles. The van der Waals surface area contributed by atoms with E-state index in [9.17, 15) is 9.18 Å². The van der Waals surface area contributed by atoms with E-state index in [1.165, 1.54) is 31.0 Å².